The molecule has 0 bridgehead atoms. The summed E-state index contributed by atoms with van der Waals surface area (Å²) in [5.41, 5.74) is 0.0356. The van der Waals surface area contributed by atoms with Crippen LogP contribution >= 0.6 is 0 Å². The fourth-order valence-electron chi connectivity index (χ4n) is 4.84. The summed E-state index contributed by atoms with van der Waals surface area (Å²) in [7, 11) is 0. The fourth-order valence-corrected chi connectivity index (χ4v) is 4.84. The molecule has 0 amide bonds. The maximum Gasteiger partial charge on any atom is 0.0689 e. The van der Waals surface area contributed by atoms with Crippen LogP contribution in [0.1, 0.15) is 97.3 Å². The minimum Gasteiger partial charge on any atom is -0.198 e. The van der Waals surface area contributed by atoms with Gasteiger partial charge in [-0.25, -0.2) is 0 Å². The third-order valence-corrected chi connectivity index (χ3v) is 6.68. The summed E-state index contributed by atoms with van der Waals surface area (Å²) in [5, 5.41) is 9.43. The van der Waals surface area contributed by atoms with E-state index in [-0.39, 0.29) is 5.41 Å². The summed E-state index contributed by atoms with van der Waals surface area (Å²) in [6, 6.07) is 2.63. The van der Waals surface area contributed by atoms with Crippen LogP contribution in [0, 0.1) is 34.5 Å². The fraction of sp³-hybridized carbons (Fsp3) is 0.950. The third-order valence-electron chi connectivity index (χ3n) is 6.68. The van der Waals surface area contributed by atoms with Crippen molar-refractivity contribution in [1.29, 1.82) is 5.26 Å². The van der Waals surface area contributed by atoms with Gasteiger partial charge in [0.15, 0.2) is 0 Å². The van der Waals surface area contributed by atoms with Crippen molar-refractivity contribution in [3.8, 4) is 6.07 Å². The Morgan fingerprint density at radius 1 is 0.905 bits per heavy atom. The standard InChI is InChI=1S/C20H35N/c1-3-5-6-7-17-8-10-18(11-9-17)19-12-14-20(4-2,16-21)15-13-19/h17-19H,3-15H2,1-2H3/t17?,18?,19-,20+. The van der Waals surface area contributed by atoms with E-state index in [1.54, 1.807) is 0 Å². The predicted molar refractivity (Wildman–Crippen MR) is 89.9 cm³/mol. The lowest BCUT2D eigenvalue weighted by Gasteiger charge is -2.40. The van der Waals surface area contributed by atoms with Crippen LogP contribution in [0.3, 0.4) is 0 Å². The van der Waals surface area contributed by atoms with E-state index in [1.807, 2.05) is 0 Å². The first kappa shape index (κ1) is 16.9. The molecule has 0 saturated heterocycles. The van der Waals surface area contributed by atoms with Gasteiger partial charge in [-0.15, -0.1) is 0 Å². The molecule has 0 atom stereocenters. The van der Waals surface area contributed by atoms with Crippen LogP contribution in [0.15, 0.2) is 0 Å². The topological polar surface area (TPSA) is 23.8 Å². The summed E-state index contributed by atoms with van der Waals surface area (Å²) >= 11 is 0. The minimum absolute atomic E-state index is 0.0356. The molecule has 2 aliphatic carbocycles. The average molecular weight is 290 g/mol. The molecule has 1 heteroatoms. The van der Waals surface area contributed by atoms with Crippen molar-refractivity contribution < 1.29 is 0 Å². The predicted octanol–water partition coefficient (Wildman–Crippen LogP) is 6.48. The van der Waals surface area contributed by atoms with Gasteiger partial charge in [0.1, 0.15) is 0 Å². The molecule has 0 aromatic heterocycles. The van der Waals surface area contributed by atoms with Crippen molar-refractivity contribution in [2.45, 2.75) is 97.3 Å². The molecule has 1 nitrogen and oxygen atoms in total. The van der Waals surface area contributed by atoms with Gasteiger partial charge in [0.2, 0.25) is 0 Å². The molecule has 2 rings (SSSR count). The second-order valence-electron chi connectivity index (χ2n) is 7.86. The summed E-state index contributed by atoms with van der Waals surface area (Å²) in [6.45, 7) is 4.50. The van der Waals surface area contributed by atoms with Crippen LogP contribution in [0.2, 0.25) is 0 Å². The molecule has 0 radical (unpaired) electrons. The van der Waals surface area contributed by atoms with Crippen LogP contribution < -0.4 is 0 Å². The molecule has 2 fully saturated rings. The Balaban J connectivity index is 1.71. The summed E-state index contributed by atoms with van der Waals surface area (Å²) < 4.78 is 0. The molecule has 2 aliphatic rings. The first-order chi connectivity index (χ1) is 10.2. The van der Waals surface area contributed by atoms with Gasteiger partial charge in [-0.2, -0.15) is 5.26 Å². The highest BCUT2D eigenvalue weighted by Gasteiger charge is 2.37. The Hall–Kier alpha value is -0.510. The number of nitriles is 1. The van der Waals surface area contributed by atoms with Crippen LogP contribution in [0.4, 0.5) is 0 Å². The highest BCUT2D eigenvalue weighted by molar-refractivity contribution is 5.01. The Kier molecular flexibility index (Phi) is 6.59. The molecule has 0 aromatic rings. The van der Waals surface area contributed by atoms with Crippen molar-refractivity contribution in [1.82, 2.24) is 0 Å². The zero-order valence-electron chi connectivity index (χ0n) is 14.4. The van der Waals surface area contributed by atoms with Gasteiger partial charge in [0.05, 0.1) is 11.5 Å². The monoisotopic (exact) mass is 289 g/mol. The van der Waals surface area contributed by atoms with E-state index in [0.717, 1.165) is 24.2 Å². The van der Waals surface area contributed by atoms with E-state index in [4.69, 9.17) is 0 Å². The lowest BCUT2D eigenvalue weighted by atomic mass is 9.64. The van der Waals surface area contributed by atoms with Gasteiger partial charge in [-0.3, -0.25) is 0 Å². The molecule has 2 saturated carbocycles. The molecule has 0 unspecified atom stereocenters. The third kappa shape index (κ3) is 4.48. The van der Waals surface area contributed by atoms with Crippen molar-refractivity contribution in [3.63, 3.8) is 0 Å². The van der Waals surface area contributed by atoms with Crippen LogP contribution in [0.25, 0.3) is 0 Å². The lowest BCUT2D eigenvalue weighted by Crippen LogP contribution is -2.30. The number of rotatable bonds is 6. The molecule has 0 aromatic carbocycles. The van der Waals surface area contributed by atoms with Crippen molar-refractivity contribution in [2.24, 2.45) is 23.2 Å². The first-order valence-electron chi connectivity index (χ1n) is 9.64. The molecule has 120 valence electrons. The average Bonchev–Trinajstić information content (AvgIpc) is 2.56. The quantitative estimate of drug-likeness (QED) is 0.513. The van der Waals surface area contributed by atoms with Crippen molar-refractivity contribution in [2.75, 3.05) is 0 Å². The Labute approximate surface area is 132 Å². The molecule has 0 heterocycles. The molecule has 21 heavy (non-hydrogen) atoms. The first-order valence-corrected chi connectivity index (χ1v) is 9.64. The number of hydrogen-bond donors (Lipinski definition) is 0. The van der Waals surface area contributed by atoms with Gasteiger partial charge in [-0.05, 0) is 62.7 Å². The van der Waals surface area contributed by atoms with Crippen molar-refractivity contribution >= 4 is 0 Å². The maximum absolute atomic E-state index is 9.43. The minimum atomic E-state index is 0.0356. The Morgan fingerprint density at radius 2 is 1.52 bits per heavy atom. The molecule has 0 spiro atoms. The van der Waals surface area contributed by atoms with Gasteiger partial charge >= 0.3 is 0 Å². The van der Waals surface area contributed by atoms with Crippen LogP contribution in [-0.4, -0.2) is 0 Å². The molecular formula is C20H35N. The number of unbranched alkanes of at least 4 members (excludes halogenated alkanes) is 2. The smallest absolute Gasteiger partial charge is 0.0689 e. The summed E-state index contributed by atoms with van der Waals surface area (Å²) in [4.78, 5) is 0. The zero-order chi connectivity index (χ0) is 15.1. The number of nitrogens with zero attached hydrogens (tertiary/aromatic N) is 1. The van der Waals surface area contributed by atoms with Crippen molar-refractivity contribution in [3.05, 3.63) is 0 Å². The van der Waals surface area contributed by atoms with Gasteiger partial charge < -0.3 is 0 Å². The SMILES string of the molecule is CCCCCC1CCC([C@H]2CC[C@](C#N)(CC)CC2)CC1. The second kappa shape index (κ2) is 8.21. The van der Waals surface area contributed by atoms with Crippen LogP contribution in [0.5, 0.6) is 0 Å². The Bertz CT molecular complexity index is 324. The lowest BCUT2D eigenvalue weighted by molar-refractivity contribution is 0.118. The van der Waals surface area contributed by atoms with Gasteiger partial charge in [-0.1, -0.05) is 52.4 Å². The van der Waals surface area contributed by atoms with E-state index in [1.165, 1.54) is 77.0 Å². The zero-order valence-corrected chi connectivity index (χ0v) is 14.4. The Morgan fingerprint density at radius 3 is 2.05 bits per heavy atom. The number of hydrogen-bond acceptors (Lipinski definition) is 1. The summed E-state index contributed by atoms with van der Waals surface area (Å²) in [6.07, 6.45) is 17.7. The van der Waals surface area contributed by atoms with E-state index in [9.17, 15) is 5.26 Å². The largest absolute Gasteiger partial charge is 0.198 e. The van der Waals surface area contributed by atoms with E-state index in [0.29, 0.717) is 0 Å². The summed E-state index contributed by atoms with van der Waals surface area (Å²) in [5.74, 6) is 2.96. The van der Waals surface area contributed by atoms with E-state index >= 15 is 0 Å². The second-order valence-corrected chi connectivity index (χ2v) is 7.86. The van der Waals surface area contributed by atoms with Gasteiger partial charge in [0, 0.05) is 0 Å². The van der Waals surface area contributed by atoms with E-state index < -0.39 is 0 Å². The maximum atomic E-state index is 9.43. The highest BCUT2D eigenvalue weighted by Crippen LogP contribution is 2.47. The normalized spacial score (nSPS) is 37.1. The van der Waals surface area contributed by atoms with E-state index in [2.05, 4.69) is 19.9 Å². The molecule has 0 aliphatic heterocycles. The van der Waals surface area contributed by atoms with Gasteiger partial charge in [0.25, 0.3) is 0 Å². The van der Waals surface area contributed by atoms with Crippen LogP contribution in [-0.2, 0) is 0 Å². The molecule has 0 N–H and O–H groups in total. The molecular weight excluding hydrogens is 254 g/mol. The highest BCUT2D eigenvalue weighted by atomic mass is 14.4.